The zero-order valence-electron chi connectivity index (χ0n) is 7.65. The number of carbonyl (C=O) groups excluding carboxylic acids is 1. The van der Waals surface area contributed by atoms with E-state index in [1.165, 1.54) is 6.92 Å². The van der Waals surface area contributed by atoms with Gasteiger partial charge in [0.15, 0.2) is 15.6 Å². The topological polar surface area (TPSA) is 51.2 Å². The van der Waals surface area contributed by atoms with Crippen molar-refractivity contribution in [1.29, 1.82) is 0 Å². The van der Waals surface area contributed by atoms with E-state index in [4.69, 9.17) is 11.6 Å². The fourth-order valence-corrected chi connectivity index (χ4v) is 2.61. The first-order valence-corrected chi connectivity index (χ1v) is 7.01. The van der Waals surface area contributed by atoms with E-state index >= 15 is 0 Å². The molecule has 78 valence electrons. The van der Waals surface area contributed by atoms with Crippen molar-refractivity contribution in [1.82, 2.24) is 0 Å². The highest BCUT2D eigenvalue weighted by molar-refractivity contribution is 7.92. The molecule has 0 N–H and O–H groups in total. The minimum Gasteiger partial charge on any atom is -0.292 e. The number of hydrogen-bond donors (Lipinski definition) is 0. The van der Waals surface area contributed by atoms with Gasteiger partial charge in [0.1, 0.15) is 5.25 Å². The number of hydrogen-bond acceptors (Lipinski definition) is 4. The van der Waals surface area contributed by atoms with Gasteiger partial charge in [0, 0.05) is 6.26 Å². The van der Waals surface area contributed by atoms with Gasteiger partial charge in [-0.15, -0.1) is 11.3 Å². The molecule has 0 saturated heterocycles. The predicted molar refractivity (Wildman–Crippen MR) is 58.0 cm³/mol. The lowest BCUT2D eigenvalue weighted by molar-refractivity contribution is 0.0995. The molecular formula is C8H9ClO3S2. The second-order valence-corrected chi connectivity index (χ2v) is 6.62. The maximum Gasteiger partial charge on any atom is 0.192 e. The molecule has 1 aromatic rings. The van der Waals surface area contributed by atoms with E-state index < -0.39 is 20.9 Å². The van der Waals surface area contributed by atoms with Crippen LogP contribution in [0.25, 0.3) is 0 Å². The van der Waals surface area contributed by atoms with Crippen LogP contribution in [0, 0.1) is 0 Å². The van der Waals surface area contributed by atoms with Gasteiger partial charge in [-0.3, -0.25) is 4.79 Å². The first-order valence-electron chi connectivity index (χ1n) is 3.80. The monoisotopic (exact) mass is 252 g/mol. The molecule has 0 aliphatic heterocycles. The summed E-state index contributed by atoms with van der Waals surface area (Å²) < 4.78 is 22.2. The molecular weight excluding hydrogens is 244 g/mol. The summed E-state index contributed by atoms with van der Waals surface area (Å²) in [5.74, 6) is -0.437. The van der Waals surface area contributed by atoms with Gasteiger partial charge in [0.25, 0.3) is 0 Å². The Bertz CT molecular complexity index is 447. The van der Waals surface area contributed by atoms with Crippen LogP contribution < -0.4 is 0 Å². The third-order valence-corrected chi connectivity index (χ3v) is 4.71. The SMILES string of the molecule is CC(C(=O)c1sccc1Cl)S(C)(=O)=O. The summed E-state index contributed by atoms with van der Waals surface area (Å²) in [6.07, 6.45) is 1.04. The third kappa shape index (κ3) is 2.34. The fraction of sp³-hybridized carbons (Fsp3) is 0.375. The average molecular weight is 253 g/mol. The highest BCUT2D eigenvalue weighted by Crippen LogP contribution is 2.24. The van der Waals surface area contributed by atoms with Gasteiger partial charge in [-0.25, -0.2) is 8.42 Å². The lowest BCUT2D eigenvalue weighted by Crippen LogP contribution is -2.25. The molecule has 0 radical (unpaired) electrons. The Hall–Kier alpha value is -0.390. The number of sulfone groups is 1. The lowest BCUT2D eigenvalue weighted by atomic mass is 10.2. The molecule has 1 aromatic heterocycles. The van der Waals surface area contributed by atoms with Crippen LogP contribution in [-0.2, 0) is 9.84 Å². The van der Waals surface area contributed by atoms with Gasteiger partial charge in [-0.2, -0.15) is 0 Å². The quantitative estimate of drug-likeness (QED) is 0.774. The molecule has 0 aliphatic rings. The minimum atomic E-state index is -3.35. The molecule has 0 aromatic carbocycles. The summed E-state index contributed by atoms with van der Waals surface area (Å²) in [5, 5.41) is 0.944. The number of ketones is 1. The van der Waals surface area contributed by atoms with Crippen LogP contribution in [0.1, 0.15) is 16.6 Å². The average Bonchev–Trinajstić information content (AvgIpc) is 2.47. The van der Waals surface area contributed by atoms with Crippen molar-refractivity contribution in [3.63, 3.8) is 0 Å². The molecule has 0 aliphatic carbocycles. The van der Waals surface area contributed by atoms with Gasteiger partial charge in [-0.1, -0.05) is 11.6 Å². The van der Waals surface area contributed by atoms with Crippen molar-refractivity contribution in [2.75, 3.05) is 6.26 Å². The molecule has 0 fully saturated rings. The molecule has 0 amide bonds. The Balaban J connectivity index is 3.04. The maximum absolute atomic E-state index is 11.6. The van der Waals surface area contributed by atoms with Crippen molar-refractivity contribution in [2.24, 2.45) is 0 Å². The van der Waals surface area contributed by atoms with E-state index in [1.54, 1.807) is 11.4 Å². The molecule has 14 heavy (non-hydrogen) atoms. The van der Waals surface area contributed by atoms with Crippen LogP contribution in [0.2, 0.25) is 5.02 Å². The first-order chi connectivity index (χ1) is 6.34. The molecule has 3 nitrogen and oxygen atoms in total. The summed E-state index contributed by atoms with van der Waals surface area (Å²) in [6.45, 7) is 1.37. The van der Waals surface area contributed by atoms with Gasteiger partial charge < -0.3 is 0 Å². The number of Topliss-reactive ketones (excluding diaryl/α,β-unsaturated/α-hetero) is 1. The third-order valence-electron chi connectivity index (χ3n) is 1.85. The minimum absolute atomic E-state index is 0.310. The van der Waals surface area contributed by atoms with Crippen LogP contribution in [0.3, 0.4) is 0 Å². The van der Waals surface area contributed by atoms with Crippen molar-refractivity contribution < 1.29 is 13.2 Å². The van der Waals surface area contributed by atoms with Crippen molar-refractivity contribution in [3.05, 3.63) is 21.3 Å². The molecule has 0 spiro atoms. The largest absolute Gasteiger partial charge is 0.292 e. The van der Waals surface area contributed by atoms with E-state index in [0.29, 0.717) is 9.90 Å². The standard InChI is InChI=1S/C8H9ClO3S2/c1-5(14(2,11)12)7(10)8-6(9)3-4-13-8/h3-5H,1-2H3. The molecule has 1 heterocycles. The summed E-state index contributed by atoms with van der Waals surface area (Å²) in [4.78, 5) is 11.9. The second-order valence-electron chi connectivity index (χ2n) is 2.93. The highest BCUT2D eigenvalue weighted by Gasteiger charge is 2.26. The number of halogens is 1. The van der Waals surface area contributed by atoms with Crippen molar-refractivity contribution in [2.45, 2.75) is 12.2 Å². The van der Waals surface area contributed by atoms with E-state index in [1.807, 2.05) is 0 Å². The molecule has 0 bridgehead atoms. The Labute approximate surface area is 91.6 Å². The van der Waals surface area contributed by atoms with Crippen LogP contribution in [0.15, 0.2) is 11.4 Å². The number of rotatable bonds is 3. The van der Waals surface area contributed by atoms with Gasteiger partial charge in [-0.05, 0) is 18.4 Å². The summed E-state index contributed by atoms with van der Waals surface area (Å²) in [5.41, 5.74) is 0. The Morgan fingerprint density at radius 2 is 2.14 bits per heavy atom. The zero-order valence-corrected chi connectivity index (χ0v) is 10.0. The van der Waals surface area contributed by atoms with E-state index in [9.17, 15) is 13.2 Å². The van der Waals surface area contributed by atoms with Gasteiger partial charge in [0.2, 0.25) is 0 Å². The van der Waals surface area contributed by atoms with E-state index in [2.05, 4.69) is 0 Å². The Kier molecular flexibility index (Phi) is 3.34. The second kappa shape index (κ2) is 4.00. The number of carbonyl (C=O) groups is 1. The van der Waals surface area contributed by atoms with Crippen LogP contribution in [-0.4, -0.2) is 25.7 Å². The lowest BCUT2D eigenvalue weighted by Gasteiger charge is -2.06. The van der Waals surface area contributed by atoms with E-state index in [0.717, 1.165) is 17.6 Å². The Morgan fingerprint density at radius 1 is 1.57 bits per heavy atom. The summed E-state index contributed by atoms with van der Waals surface area (Å²) in [6, 6.07) is 1.58. The first kappa shape index (κ1) is 11.7. The number of thiophene rings is 1. The molecule has 1 rings (SSSR count). The van der Waals surface area contributed by atoms with Gasteiger partial charge in [0.05, 0.1) is 9.90 Å². The predicted octanol–water partition coefficient (Wildman–Crippen LogP) is 2.02. The van der Waals surface area contributed by atoms with E-state index in [-0.39, 0.29) is 0 Å². The van der Waals surface area contributed by atoms with Crippen LogP contribution in [0.5, 0.6) is 0 Å². The molecule has 0 saturated carbocycles. The smallest absolute Gasteiger partial charge is 0.192 e. The van der Waals surface area contributed by atoms with Crippen LogP contribution in [0.4, 0.5) is 0 Å². The van der Waals surface area contributed by atoms with Crippen molar-refractivity contribution in [3.8, 4) is 0 Å². The summed E-state index contributed by atoms with van der Waals surface area (Å²) in [7, 11) is -3.35. The molecule has 6 heteroatoms. The van der Waals surface area contributed by atoms with Crippen LogP contribution >= 0.6 is 22.9 Å². The highest BCUT2D eigenvalue weighted by atomic mass is 35.5. The van der Waals surface area contributed by atoms with Gasteiger partial charge >= 0.3 is 0 Å². The normalized spacial score (nSPS) is 13.9. The zero-order chi connectivity index (χ0) is 10.9. The fourth-order valence-electron chi connectivity index (χ4n) is 0.849. The molecule has 1 unspecified atom stereocenters. The molecule has 1 atom stereocenters. The maximum atomic E-state index is 11.6. The van der Waals surface area contributed by atoms with Crippen molar-refractivity contribution >= 4 is 38.6 Å². The Morgan fingerprint density at radius 3 is 2.50 bits per heavy atom. The summed E-state index contributed by atoms with van der Waals surface area (Å²) >= 11 is 6.88.